The Hall–Kier alpha value is -1.83. The van der Waals surface area contributed by atoms with Gasteiger partial charge in [0.25, 0.3) is 0 Å². The lowest BCUT2D eigenvalue weighted by Gasteiger charge is -2.26. The number of morpholine rings is 1. The van der Waals surface area contributed by atoms with Gasteiger partial charge < -0.3 is 24.8 Å². The largest absolute Gasteiger partial charge is 0.493 e. The van der Waals surface area contributed by atoms with Crippen molar-refractivity contribution in [2.24, 2.45) is 0 Å². The van der Waals surface area contributed by atoms with Gasteiger partial charge in [-0.25, -0.2) is 0 Å². The summed E-state index contributed by atoms with van der Waals surface area (Å²) in [4.78, 5) is 14.1. The molecule has 2 N–H and O–H groups in total. The SMILES string of the molecule is COc1ccc(CNCC(=O)NCCN2CCOCC2)cc1OC. The average Bonchev–Trinajstić information content (AvgIpc) is 2.62. The summed E-state index contributed by atoms with van der Waals surface area (Å²) in [5.41, 5.74) is 1.04. The summed E-state index contributed by atoms with van der Waals surface area (Å²) in [5.74, 6) is 1.39. The highest BCUT2D eigenvalue weighted by Crippen LogP contribution is 2.27. The summed E-state index contributed by atoms with van der Waals surface area (Å²) in [5, 5.41) is 6.07. The number of nitrogens with zero attached hydrogens (tertiary/aromatic N) is 1. The van der Waals surface area contributed by atoms with Crippen molar-refractivity contribution >= 4 is 5.91 Å². The second-order valence-electron chi connectivity index (χ2n) is 5.60. The number of ether oxygens (including phenoxy) is 3. The number of benzene rings is 1. The first-order valence-corrected chi connectivity index (χ1v) is 8.21. The molecule has 1 aromatic rings. The summed E-state index contributed by atoms with van der Waals surface area (Å²) >= 11 is 0. The maximum absolute atomic E-state index is 11.8. The molecular weight excluding hydrogens is 310 g/mol. The van der Waals surface area contributed by atoms with Crippen molar-refractivity contribution < 1.29 is 19.0 Å². The number of hydrogen-bond donors (Lipinski definition) is 2. The van der Waals surface area contributed by atoms with E-state index in [1.807, 2.05) is 18.2 Å². The van der Waals surface area contributed by atoms with Gasteiger partial charge >= 0.3 is 0 Å². The molecule has 7 nitrogen and oxygen atoms in total. The van der Waals surface area contributed by atoms with Crippen LogP contribution in [0.3, 0.4) is 0 Å². The number of amides is 1. The molecule has 2 rings (SSSR count). The normalized spacial score (nSPS) is 15.1. The van der Waals surface area contributed by atoms with Gasteiger partial charge in [-0.3, -0.25) is 9.69 Å². The van der Waals surface area contributed by atoms with Crippen LogP contribution in [0.2, 0.25) is 0 Å². The van der Waals surface area contributed by atoms with E-state index in [2.05, 4.69) is 15.5 Å². The fourth-order valence-corrected chi connectivity index (χ4v) is 2.55. The standard InChI is InChI=1S/C17H27N3O4/c1-22-15-4-3-14(11-16(15)23-2)12-18-13-17(21)19-5-6-20-7-9-24-10-8-20/h3-4,11,18H,5-10,12-13H2,1-2H3,(H,19,21). The number of rotatable bonds is 9. The third-order valence-corrected chi connectivity index (χ3v) is 3.92. The van der Waals surface area contributed by atoms with Crippen LogP contribution in [0.25, 0.3) is 0 Å². The Balaban J connectivity index is 1.63. The maximum atomic E-state index is 11.8. The van der Waals surface area contributed by atoms with Crippen molar-refractivity contribution in [1.29, 1.82) is 0 Å². The van der Waals surface area contributed by atoms with Gasteiger partial charge in [0.1, 0.15) is 0 Å². The summed E-state index contributed by atoms with van der Waals surface area (Å²) < 4.78 is 15.8. The van der Waals surface area contributed by atoms with Crippen LogP contribution in [0.15, 0.2) is 18.2 Å². The molecule has 1 amide bonds. The predicted octanol–water partition coefficient (Wildman–Crippen LogP) is 0.242. The van der Waals surface area contributed by atoms with E-state index >= 15 is 0 Å². The number of carbonyl (C=O) groups is 1. The van der Waals surface area contributed by atoms with Crippen molar-refractivity contribution in [3.8, 4) is 11.5 Å². The monoisotopic (exact) mass is 337 g/mol. The van der Waals surface area contributed by atoms with Crippen LogP contribution in [-0.4, -0.2) is 71.0 Å². The molecule has 1 aliphatic rings. The van der Waals surface area contributed by atoms with Crippen molar-refractivity contribution in [2.75, 3.05) is 60.2 Å². The first-order valence-electron chi connectivity index (χ1n) is 8.21. The van der Waals surface area contributed by atoms with Crippen LogP contribution < -0.4 is 20.1 Å². The Morgan fingerprint density at radius 2 is 1.96 bits per heavy atom. The lowest BCUT2D eigenvalue weighted by atomic mass is 10.2. The van der Waals surface area contributed by atoms with Crippen molar-refractivity contribution in [3.63, 3.8) is 0 Å². The van der Waals surface area contributed by atoms with E-state index in [9.17, 15) is 4.79 Å². The fraction of sp³-hybridized carbons (Fsp3) is 0.588. The second kappa shape index (κ2) is 10.1. The highest BCUT2D eigenvalue weighted by Gasteiger charge is 2.10. The topological polar surface area (TPSA) is 72.1 Å². The average molecular weight is 337 g/mol. The minimum Gasteiger partial charge on any atom is -0.493 e. The summed E-state index contributed by atoms with van der Waals surface area (Å²) in [6, 6.07) is 5.71. The fourth-order valence-electron chi connectivity index (χ4n) is 2.55. The smallest absolute Gasteiger partial charge is 0.234 e. The lowest BCUT2D eigenvalue weighted by molar-refractivity contribution is -0.120. The minimum absolute atomic E-state index is 0.00346. The van der Waals surface area contributed by atoms with Gasteiger partial charge in [0.2, 0.25) is 5.91 Å². The Labute approximate surface area is 143 Å². The molecule has 1 aliphatic heterocycles. The maximum Gasteiger partial charge on any atom is 0.234 e. The number of nitrogens with one attached hydrogen (secondary N) is 2. The molecule has 0 aliphatic carbocycles. The van der Waals surface area contributed by atoms with E-state index in [0.717, 1.165) is 38.4 Å². The van der Waals surface area contributed by atoms with Crippen LogP contribution in [0.5, 0.6) is 11.5 Å². The predicted molar refractivity (Wildman–Crippen MR) is 91.5 cm³/mol. The van der Waals surface area contributed by atoms with Gasteiger partial charge in [-0.05, 0) is 17.7 Å². The van der Waals surface area contributed by atoms with Gasteiger partial charge in [-0.1, -0.05) is 6.07 Å². The molecule has 0 bridgehead atoms. The van der Waals surface area contributed by atoms with E-state index in [1.54, 1.807) is 14.2 Å². The molecule has 134 valence electrons. The van der Waals surface area contributed by atoms with Gasteiger partial charge in [0, 0.05) is 32.7 Å². The van der Waals surface area contributed by atoms with Gasteiger partial charge in [0.15, 0.2) is 11.5 Å². The van der Waals surface area contributed by atoms with Crippen molar-refractivity contribution in [2.45, 2.75) is 6.54 Å². The van der Waals surface area contributed by atoms with Gasteiger partial charge in [0.05, 0.1) is 34.0 Å². The Morgan fingerprint density at radius 1 is 1.21 bits per heavy atom. The quantitative estimate of drug-likeness (QED) is 0.673. The minimum atomic E-state index is 0.00346. The molecule has 1 fully saturated rings. The van der Waals surface area contributed by atoms with Crippen molar-refractivity contribution in [3.05, 3.63) is 23.8 Å². The van der Waals surface area contributed by atoms with Crippen LogP contribution in [-0.2, 0) is 16.1 Å². The number of carbonyl (C=O) groups excluding carboxylic acids is 1. The van der Waals surface area contributed by atoms with Crippen LogP contribution in [0.1, 0.15) is 5.56 Å². The van der Waals surface area contributed by atoms with E-state index in [4.69, 9.17) is 14.2 Å². The molecule has 1 aromatic carbocycles. The first-order chi connectivity index (χ1) is 11.7. The van der Waals surface area contributed by atoms with Gasteiger partial charge in [-0.2, -0.15) is 0 Å². The number of methoxy groups -OCH3 is 2. The van der Waals surface area contributed by atoms with E-state index in [1.165, 1.54) is 0 Å². The molecular formula is C17H27N3O4. The van der Waals surface area contributed by atoms with Crippen molar-refractivity contribution in [1.82, 2.24) is 15.5 Å². The van der Waals surface area contributed by atoms with Gasteiger partial charge in [-0.15, -0.1) is 0 Å². The molecule has 0 atom stereocenters. The number of hydrogen-bond acceptors (Lipinski definition) is 6. The molecule has 7 heteroatoms. The Morgan fingerprint density at radius 3 is 2.67 bits per heavy atom. The molecule has 1 heterocycles. The third kappa shape index (κ3) is 5.99. The Kier molecular flexibility index (Phi) is 7.81. The zero-order valence-electron chi connectivity index (χ0n) is 14.5. The first kappa shape index (κ1) is 18.5. The summed E-state index contributed by atoms with van der Waals surface area (Å²) in [6.45, 7) is 5.85. The third-order valence-electron chi connectivity index (χ3n) is 3.92. The summed E-state index contributed by atoms with van der Waals surface area (Å²) in [7, 11) is 3.22. The molecule has 0 spiro atoms. The highest BCUT2D eigenvalue weighted by atomic mass is 16.5. The molecule has 0 saturated carbocycles. The molecule has 0 radical (unpaired) electrons. The molecule has 24 heavy (non-hydrogen) atoms. The zero-order valence-corrected chi connectivity index (χ0v) is 14.5. The molecule has 0 unspecified atom stereocenters. The molecule has 0 aromatic heterocycles. The van der Waals surface area contributed by atoms with E-state index in [-0.39, 0.29) is 12.5 Å². The second-order valence-corrected chi connectivity index (χ2v) is 5.60. The summed E-state index contributed by atoms with van der Waals surface area (Å²) in [6.07, 6.45) is 0. The zero-order chi connectivity index (χ0) is 17.2. The van der Waals surface area contributed by atoms with Crippen LogP contribution in [0, 0.1) is 0 Å². The van der Waals surface area contributed by atoms with E-state index in [0.29, 0.717) is 24.6 Å². The lowest BCUT2D eigenvalue weighted by Crippen LogP contribution is -2.42. The Bertz CT molecular complexity index is 519. The van der Waals surface area contributed by atoms with Crippen LogP contribution in [0.4, 0.5) is 0 Å². The molecule has 1 saturated heterocycles. The van der Waals surface area contributed by atoms with Crippen LogP contribution >= 0.6 is 0 Å². The van der Waals surface area contributed by atoms with E-state index < -0.39 is 0 Å². The highest BCUT2D eigenvalue weighted by molar-refractivity contribution is 5.77.